The average molecular weight is 434 g/mol. The van der Waals surface area contributed by atoms with Gasteiger partial charge in [0.2, 0.25) is 0 Å². The highest BCUT2D eigenvalue weighted by atomic mass is 32.1. The second-order valence-electron chi connectivity index (χ2n) is 7.81. The highest BCUT2D eigenvalue weighted by molar-refractivity contribution is 7.22. The van der Waals surface area contributed by atoms with Crippen molar-refractivity contribution in [1.29, 1.82) is 0 Å². The topological polar surface area (TPSA) is 37.4 Å². The Kier molecular flexibility index (Phi) is 5.57. The molecule has 0 saturated heterocycles. The minimum Gasteiger partial charge on any atom is -0.497 e. The number of benzene rings is 3. The van der Waals surface area contributed by atoms with E-state index < -0.39 is 0 Å². The Balaban J connectivity index is 1.42. The third-order valence-electron chi connectivity index (χ3n) is 5.73. The number of hydrogen-bond acceptors (Lipinski definition) is 5. The molecule has 6 heteroatoms. The van der Waals surface area contributed by atoms with Crippen LogP contribution in [0.25, 0.3) is 10.2 Å². The van der Waals surface area contributed by atoms with Crippen LogP contribution in [0, 0.1) is 5.82 Å². The number of rotatable bonds is 7. The number of nitrogens with one attached hydrogen (secondary N) is 1. The highest BCUT2D eigenvalue weighted by Crippen LogP contribution is 2.32. The molecule has 3 aromatic carbocycles. The van der Waals surface area contributed by atoms with Crippen LogP contribution in [0.1, 0.15) is 22.3 Å². The molecule has 158 valence electrons. The highest BCUT2D eigenvalue weighted by Gasteiger charge is 2.17. The molecule has 2 heterocycles. The van der Waals surface area contributed by atoms with Crippen molar-refractivity contribution >= 4 is 26.7 Å². The van der Waals surface area contributed by atoms with Gasteiger partial charge in [-0.25, -0.2) is 9.37 Å². The van der Waals surface area contributed by atoms with Crippen molar-refractivity contribution in [1.82, 2.24) is 10.3 Å². The first-order valence-electron chi connectivity index (χ1n) is 10.4. The first-order valence-corrected chi connectivity index (χ1v) is 11.3. The monoisotopic (exact) mass is 433 g/mol. The van der Waals surface area contributed by atoms with Gasteiger partial charge in [-0.1, -0.05) is 47.7 Å². The maximum atomic E-state index is 14.3. The van der Waals surface area contributed by atoms with E-state index >= 15 is 0 Å². The predicted octanol–water partition coefficient (Wildman–Crippen LogP) is 5.30. The lowest BCUT2D eigenvalue weighted by molar-refractivity contribution is 0.414. The Labute approximate surface area is 185 Å². The summed E-state index contributed by atoms with van der Waals surface area (Å²) < 4.78 is 20.2. The number of thiazole rings is 1. The van der Waals surface area contributed by atoms with Gasteiger partial charge in [-0.05, 0) is 52.9 Å². The molecule has 0 atom stereocenters. The number of ether oxygens (including phenoxy) is 1. The molecular formula is C25H24FN3OS. The molecule has 4 aromatic rings. The minimum absolute atomic E-state index is 0.208. The van der Waals surface area contributed by atoms with Crippen molar-refractivity contribution in [2.45, 2.75) is 26.1 Å². The van der Waals surface area contributed by atoms with E-state index in [0.717, 1.165) is 43.5 Å². The summed E-state index contributed by atoms with van der Waals surface area (Å²) in [5.41, 5.74) is 5.93. The van der Waals surface area contributed by atoms with Crippen molar-refractivity contribution in [2.24, 2.45) is 0 Å². The molecule has 4 nitrogen and oxygen atoms in total. The fourth-order valence-corrected chi connectivity index (χ4v) is 5.00. The van der Waals surface area contributed by atoms with Gasteiger partial charge in [0.25, 0.3) is 0 Å². The second-order valence-corrected chi connectivity index (χ2v) is 8.79. The molecule has 0 saturated carbocycles. The average Bonchev–Trinajstić information content (AvgIpc) is 3.44. The summed E-state index contributed by atoms with van der Waals surface area (Å²) >= 11 is 1.43. The smallest absolute Gasteiger partial charge is 0.186 e. The second kappa shape index (κ2) is 8.65. The summed E-state index contributed by atoms with van der Waals surface area (Å²) in [6.45, 7) is 3.39. The molecule has 1 aliphatic rings. The normalized spacial score (nSPS) is 12.8. The molecule has 0 radical (unpaired) electrons. The van der Waals surface area contributed by atoms with Gasteiger partial charge in [0.05, 0.1) is 17.3 Å². The van der Waals surface area contributed by atoms with Crippen LogP contribution in [0.2, 0.25) is 0 Å². The molecule has 0 amide bonds. The molecule has 31 heavy (non-hydrogen) atoms. The fraction of sp³-hybridized carbons (Fsp3) is 0.240. The number of hydrogen-bond donors (Lipinski definition) is 1. The van der Waals surface area contributed by atoms with Crippen LogP contribution in [0.5, 0.6) is 5.75 Å². The van der Waals surface area contributed by atoms with Crippen molar-refractivity contribution in [3.8, 4) is 5.75 Å². The molecule has 5 rings (SSSR count). The molecule has 0 fully saturated rings. The number of nitrogens with zero attached hydrogens (tertiary/aromatic N) is 2. The summed E-state index contributed by atoms with van der Waals surface area (Å²) in [6.07, 6.45) is 0.870. The predicted molar refractivity (Wildman–Crippen MR) is 124 cm³/mol. The molecule has 0 bridgehead atoms. The molecule has 1 N–H and O–H groups in total. The first-order chi connectivity index (χ1) is 15.2. The number of fused-ring (bicyclic) bond motifs is 2. The largest absolute Gasteiger partial charge is 0.497 e. The number of halogens is 1. The van der Waals surface area contributed by atoms with Gasteiger partial charge in [0.1, 0.15) is 11.6 Å². The van der Waals surface area contributed by atoms with Crippen LogP contribution in [0.3, 0.4) is 0 Å². The maximum Gasteiger partial charge on any atom is 0.186 e. The molecular weight excluding hydrogens is 409 g/mol. The molecule has 1 aliphatic heterocycles. The zero-order valence-corrected chi connectivity index (χ0v) is 18.2. The maximum absolute atomic E-state index is 14.3. The van der Waals surface area contributed by atoms with Gasteiger partial charge in [0.15, 0.2) is 5.13 Å². The lowest BCUT2D eigenvalue weighted by Crippen LogP contribution is -2.25. The van der Waals surface area contributed by atoms with Gasteiger partial charge in [-0.15, -0.1) is 0 Å². The van der Waals surface area contributed by atoms with Crippen LogP contribution >= 0.6 is 11.3 Å². The standard InChI is InChI=1S/C25H24FN3OS/c1-30-21-9-6-17(7-10-21)11-12-29(16-18-5-8-19-14-27-15-20(19)13-18)25-28-23-4-2-3-22(26)24(23)31-25/h2-10,13,27H,11-12,14-16H2,1H3. The van der Waals surface area contributed by atoms with Crippen molar-refractivity contribution in [2.75, 3.05) is 18.6 Å². The minimum atomic E-state index is -0.208. The van der Waals surface area contributed by atoms with E-state index in [2.05, 4.69) is 40.5 Å². The Morgan fingerprint density at radius 3 is 2.65 bits per heavy atom. The van der Waals surface area contributed by atoms with E-state index in [0.29, 0.717) is 10.2 Å². The molecule has 0 spiro atoms. The summed E-state index contributed by atoms with van der Waals surface area (Å²) in [5.74, 6) is 0.647. The molecule has 0 aliphatic carbocycles. The van der Waals surface area contributed by atoms with Gasteiger partial charge < -0.3 is 15.0 Å². The number of anilines is 1. The van der Waals surface area contributed by atoms with E-state index in [1.165, 1.54) is 39.7 Å². The van der Waals surface area contributed by atoms with Crippen LogP contribution in [0.4, 0.5) is 9.52 Å². The summed E-state index contributed by atoms with van der Waals surface area (Å²) in [6, 6.07) is 19.9. The lowest BCUT2D eigenvalue weighted by atomic mass is 10.1. The van der Waals surface area contributed by atoms with Crippen LogP contribution in [-0.4, -0.2) is 18.6 Å². The van der Waals surface area contributed by atoms with Crippen molar-refractivity contribution in [3.63, 3.8) is 0 Å². The van der Waals surface area contributed by atoms with Crippen molar-refractivity contribution < 1.29 is 9.13 Å². The lowest BCUT2D eigenvalue weighted by Gasteiger charge is -2.22. The van der Waals surface area contributed by atoms with Gasteiger partial charge in [-0.2, -0.15) is 0 Å². The van der Waals surface area contributed by atoms with Gasteiger partial charge in [-0.3, -0.25) is 0 Å². The van der Waals surface area contributed by atoms with Gasteiger partial charge in [0, 0.05) is 26.2 Å². The van der Waals surface area contributed by atoms with E-state index in [1.807, 2.05) is 18.2 Å². The third kappa shape index (κ3) is 4.27. The Bertz CT molecular complexity index is 1210. The molecule has 1 aromatic heterocycles. The summed E-state index contributed by atoms with van der Waals surface area (Å²) in [5, 5.41) is 4.26. The SMILES string of the molecule is COc1ccc(CCN(Cc2ccc3c(c2)CNC3)c2nc3cccc(F)c3s2)cc1. The van der Waals surface area contributed by atoms with E-state index in [9.17, 15) is 4.39 Å². The summed E-state index contributed by atoms with van der Waals surface area (Å²) in [4.78, 5) is 7.02. The van der Waals surface area contributed by atoms with E-state index in [1.54, 1.807) is 13.2 Å². The third-order valence-corrected chi connectivity index (χ3v) is 6.87. The van der Waals surface area contributed by atoms with Crippen LogP contribution < -0.4 is 15.0 Å². The number of aromatic nitrogens is 1. The Morgan fingerprint density at radius 1 is 1.03 bits per heavy atom. The van der Waals surface area contributed by atoms with Crippen molar-refractivity contribution in [3.05, 3.63) is 88.7 Å². The number of methoxy groups -OCH3 is 1. The fourth-order valence-electron chi connectivity index (χ4n) is 4.00. The first kappa shape index (κ1) is 20.0. The quantitative estimate of drug-likeness (QED) is 0.429. The Hall–Kier alpha value is -2.96. The van der Waals surface area contributed by atoms with Gasteiger partial charge >= 0.3 is 0 Å². The van der Waals surface area contributed by atoms with Crippen LogP contribution in [0.15, 0.2) is 60.7 Å². The molecule has 0 unspecified atom stereocenters. The zero-order valence-electron chi connectivity index (χ0n) is 17.4. The Morgan fingerprint density at radius 2 is 1.84 bits per heavy atom. The van der Waals surface area contributed by atoms with E-state index in [-0.39, 0.29) is 5.82 Å². The van der Waals surface area contributed by atoms with E-state index in [4.69, 9.17) is 9.72 Å². The van der Waals surface area contributed by atoms with Crippen LogP contribution in [-0.2, 0) is 26.1 Å². The summed E-state index contributed by atoms with van der Waals surface area (Å²) in [7, 11) is 1.68. The zero-order chi connectivity index (χ0) is 21.2.